The fourth-order valence-electron chi connectivity index (χ4n) is 2.79. The fourth-order valence-corrected chi connectivity index (χ4v) is 2.79. The van der Waals surface area contributed by atoms with Crippen molar-refractivity contribution >= 4 is 11.9 Å². The molecular formula is C22H18O6. The van der Waals surface area contributed by atoms with Crippen LogP contribution in [0.25, 0.3) is 11.1 Å². The van der Waals surface area contributed by atoms with Crippen molar-refractivity contribution in [1.82, 2.24) is 0 Å². The summed E-state index contributed by atoms with van der Waals surface area (Å²) in [6, 6.07) is 6.22. The van der Waals surface area contributed by atoms with Gasteiger partial charge in [0.1, 0.15) is 22.6 Å². The lowest BCUT2D eigenvalue weighted by Crippen LogP contribution is -2.08. The molecule has 0 aliphatic heterocycles. The molecule has 2 aromatic rings. The van der Waals surface area contributed by atoms with E-state index in [1.807, 2.05) is 0 Å². The second-order valence-electron chi connectivity index (χ2n) is 5.48. The van der Waals surface area contributed by atoms with Gasteiger partial charge in [-0.15, -0.1) is 12.8 Å². The van der Waals surface area contributed by atoms with Gasteiger partial charge in [0.25, 0.3) is 0 Å². The van der Waals surface area contributed by atoms with Gasteiger partial charge in [-0.2, -0.15) is 0 Å². The summed E-state index contributed by atoms with van der Waals surface area (Å²) in [4.78, 5) is 24.5. The van der Waals surface area contributed by atoms with Crippen molar-refractivity contribution in [2.45, 2.75) is 0 Å². The van der Waals surface area contributed by atoms with Gasteiger partial charge in [0.2, 0.25) is 0 Å². The number of hydrogen-bond donors (Lipinski definition) is 0. The molecule has 142 valence electrons. The van der Waals surface area contributed by atoms with Gasteiger partial charge < -0.3 is 18.9 Å². The van der Waals surface area contributed by atoms with Crippen molar-refractivity contribution in [2.75, 3.05) is 28.4 Å². The highest BCUT2D eigenvalue weighted by molar-refractivity contribution is 6.00. The van der Waals surface area contributed by atoms with Crippen LogP contribution in [0.4, 0.5) is 0 Å². The van der Waals surface area contributed by atoms with Crippen molar-refractivity contribution in [3.63, 3.8) is 0 Å². The van der Waals surface area contributed by atoms with E-state index in [1.54, 1.807) is 12.1 Å². The molecule has 0 saturated heterocycles. The lowest BCUT2D eigenvalue weighted by Gasteiger charge is -2.18. The average Bonchev–Trinajstić information content (AvgIpc) is 2.75. The first-order valence-electron chi connectivity index (χ1n) is 7.99. The zero-order valence-electron chi connectivity index (χ0n) is 15.9. The molecule has 0 heterocycles. The zero-order valence-corrected chi connectivity index (χ0v) is 15.9. The third-order valence-corrected chi connectivity index (χ3v) is 4.02. The quantitative estimate of drug-likeness (QED) is 0.589. The normalized spacial score (nSPS) is 9.64. The molecule has 0 radical (unpaired) electrons. The van der Waals surface area contributed by atoms with Crippen LogP contribution in [-0.4, -0.2) is 40.4 Å². The molecule has 0 amide bonds. The molecule has 28 heavy (non-hydrogen) atoms. The monoisotopic (exact) mass is 378 g/mol. The molecule has 2 aromatic carbocycles. The predicted octanol–water partition coefficient (Wildman–Crippen LogP) is 2.91. The first-order chi connectivity index (χ1) is 13.4. The van der Waals surface area contributed by atoms with Gasteiger partial charge in [0, 0.05) is 22.3 Å². The summed E-state index contributed by atoms with van der Waals surface area (Å²) < 4.78 is 20.6. The Bertz CT molecular complexity index is 937. The fraction of sp³-hybridized carbons (Fsp3) is 0.182. The van der Waals surface area contributed by atoms with Crippen LogP contribution in [0, 0.1) is 24.7 Å². The minimum Gasteiger partial charge on any atom is -0.495 e. The van der Waals surface area contributed by atoms with E-state index in [1.165, 1.54) is 40.6 Å². The van der Waals surface area contributed by atoms with E-state index >= 15 is 0 Å². The highest BCUT2D eigenvalue weighted by Gasteiger charge is 2.25. The Balaban J connectivity index is 2.98. The molecule has 6 nitrogen and oxygen atoms in total. The summed E-state index contributed by atoms with van der Waals surface area (Å²) in [6.07, 6.45) is 11.1. The summed E-state index contributed by atoms with van der Waals surface area (Å²) in [6.45, 7) is 0. The Labute approximate surface area is 163 Å². The molecule has 6 heteroatoms. The summed E-state index contributed by atoms with van der Waals surface area (Å²) in [7, 11) is 5.30. The number of ether oxygens (including phenoxy) is 4. The molecule has 0 aromatic heterocycles. The van der Waals surface area contributed by atoms with E-state index in [0.717, 1.165) is 0 Å². The maximum Gasteiger partial charge on any atom is 0.341 e. The molecule has 0 aliphatic carbocycles. The minimum absolute atomic E-state index is 0.128. The largest absolute Gasteiger partial charge is 0.495 e. The second kappa shape index (κ2) is 8.66. The SMILES string of the molecule is C#Cc1cc(C(=O)OC)c(OC)c(-c2cc(C#C)cc(C(=O)OC)c2OC)c1. The first-order valence-corrected chi connectivity index (χ1v) is 7.99. The number of hydrogen-bond acceptors (Lipinski definition) is 6. The van der Waals surface area contributed by atoms with Crippen LogP contribution in [0.1, 0.15) is 31.8 Å². The number of carbonyl (C=O) groups is 2. The number of rotatable bonds is 5. The maximum atomic E-state index is 12.2. The van der Waals surface area contributed by atoms with Crippen LogP contribution < -0.4 is 9.47 Å². The van der Waals surface area contributed by atoms with Gasteiger partial charge in [-0.25, -0.2) is 9.59 Å². The van der Waals surface area contributed by atoms with Crippen LogP contribution in [0.3, 0.4) is 0 Å². The molecule has 0 unspecified atom stereocenters. The molecule has 0 saturated carbocycles. The van der Waals surface area contributed by atoms with Gasteiger partial charge in [0.05, 0.1) is 28.4 Å². The number of carbonyl (C=O) groups excluding carboxylic acids is 2. The van der Waals surface area contributed by atoms with Crippen molar-refractivity contribution in [1.29, 1.82) is 0 Å². The highest BCUT2D eigenvalue weighted by Crippen LogP contribution is 2.42. The van der Waals surface area contributed by atoms with Gasteiger partial charge in [-0.3, -0.25) is 0 Å². The standard InChI is InChI=1S/C22H18O6/c1-7-13-9-15(19(25-3)17(11-13)21(23)27-5)16-10-14(8-2)12-18(20(16)26-4)22(24)28-6/h1-2,9-12H,3-6H3. The highest BCUT2D eigenvalue weighted by atomic mass is 16.5. The molecule has 0 N–H and O–H groups in total. The first kappa shape index (κ1) is 20.4. The lowest BCUT2D eigenvalue weighted by atomic mass is 9.94. The molecule has 0 fully saturated rings. The average molecular weight is 378 g/mol. The van der Waals surface area contributed by atoms with Gasteiger partial charge >= 0.3 is 11.9 Å². The second-order valence-corrected chi connectivity index (χ2v) is 5.48. The smallest absolute Gasteiger partial charge is 0.341 e. The number of benzene rings is 2. The van der Waals surface area contributed by atoms with Crippen LogP contribution in [0.15, 0.2) is 24.3 Å². The van der Waals surface area contributed by atoms with E-state index < -0.39 is 11.9 Å². The molecule has 0 aliphatic rings. The van der Waals surface area contributed by atoms with E-state index in [9.17, 15) is 9.59 Å². The van der Waals surface area contributed by atoms with Crippen LogP contribution in [0.5, 0.6) is 11.5 Å². The molecular weight excluding hydrogens is 360 g/mol. The van der Waals surface area contributed by atoms with Crippen LogP contribution in [-0.2, 0) is 9.47 Å². The summed E-state index contributed by atoms with van der Waals surface area (Å²) in [5.41, 5.74) is 1.90. The minimum atomic E-state index is -0.629. The predicted molar refractivity (Wildman–Crippen MR) is 104 cm³/mol. The van der Waals surface area contributed by atoms with E-state index in [2.05, 4.69) is 11.8 Å². The third-order valence-electron chi connectivity index (χ3n) is 4.02. The topological polar surface area (TPSA) is 71.1 Å². The van der Waals surface area contributed by atoms with Crippen molar-refractivity contribution in [3.8, 4) is 47.3 Å². The van der Waals surface area contributed by atoms with Gasteiger partial charge in [-0.05, 0) is 24.3 Å². The van der Waals surface area contributed by atoms with Crippen LogP contribution >= 0.6 is 0 Å². The number of terminal acetylenes is 2. The molecule has 2 rings (SSSR count). The van der Waals surface area contributed by atoms with Gasteiger partial charge in [-0.1, -0.05) is 11.8 Å². The van der Waals surface area contributed by atoms with Crippen molar-refractivity contribution < 1.29 is 28.5 Å². The summed E-state index contributed by atoms with van der Waals surface area (Å²) >= 11 is 0. The summed E-state index contributed by atoms with van der Waals surface area (Å²) in [5.74, 6) is 4.12. The Kier molecular flexibility index (Phi) is 6.31. The molecule has 0 spiro atoms. The van der Waals surface area contributed by atoms with Crippen molar-refractivity contribution in [3.05, 3.63) is 46.5 Å². The third kappa shape index (κ3) is 3.62. The van der Waals surface area contributed by atoms with Gasteiger partial charge in [0.15, 0.2) is 0 Å². The Morgan fingerprint density at radius 3 is 1.32 bits per heavy atom. The Morgan fingerprint density at radius 2 is 1.07 bits per heavy atom. The van der Waals surface area contributed by atoms with E-state index in [-0.39, 0.29) is 22.6 Å². The summed E-state index contributed by atoms with van der Waals surface area (Å²) in [5, 5.41) is 0. The maximum absolute atomic E-state index is 12.2. The Morgan fingerprint density at radius 1 is 0.714 bits per heavy atom. The van der Waals surface area contributed by atoms with Crippen molar-refractivity contribution in [2.24, 2.45) is 0 Å². The van der Waals surface area contributed by atoms with E-state index in [4.69, 9.17) is 31.8 Å². The number of esters is 2. The van der Waals surface area contributed by atoms with E-state index in [0.29, 0.717) is 22.3 Å². The molecule has 0 atom stereocenters. The zero-order chi connectivity index (χ0) is 20.8. The molecule has 0 bridgehead atoms. The number of methoxy groups -OCH3 is 4. The lowest BCUT2D eigenvalue weighted by molar-refractivity contribution is 0.0587. The van der Waals surface area contributed by atoms with Crippen LogP contribution in [0.2, 0.25) is 0 Å². The Hall–Kier alpha value is -3.90.